The maximum Gasteiger partial charge on any atom is 0.423 e. The zero-order chi connectivity index (χ0) is 22.7. The fourth-order valence-electron chi connectivity index (χ4n) is 4.91. The second-order valence-electron chi connectivity index (χ2n) is 7.70. The number of alkyl halides is 3. The zero-order valence-corrected chi connectivity index (χ0v) is 16.6. The highest BCUT2D eigenvalue weighted by Gasteiger charge is 2.53. The van der Waals surface area contributed by atoms with Crippen LogP contribution >= 0.6 is 0 Å². The second-order valence-corrected chi connectivity index (χ2v) is 7.70. The van der Waals surface area contributed by atoms with E-state index in [-0.39, 0.29) is 11.1 Å². The first-order chi connectivity index (χ1) is 15.3. The van der Waals surface area contributed by atoms with Crippen molar-refractivity contribution in [3.05, 3.63) is 113 Å². The van der Waals surface area contributed by atoms with Gasteiger partial charge in [0.2, 0.25) is 0 Å². The molecule has 6 heteroatoms. The summed E-state index contributed by atoms with van der Waals surface area (Å²) in [6, 6.07) is 24.6. The maximum absolute atomic E-state index is 13.9. The molecule has 0 fully saturated rings. The lowest BCUT2D eigenvalue weighted by atomic mass is 9.67. The number of halogens is 3. The van der Waals surface area contributed by atoms with Crippen molar-refractivity contribution in [1.29, 1.82) is 0 Å². The minimum Gasteiger partial charge on any atom is -0.507 e. The highest BCUT2D eigenvalue weighted by atomic mass is 19.4. The van der Waals surface area contributed by atoms with E-state index in [0.29, 0.717) is 22.3 Å². The first-order valence-electron chi connectivity index (χ1n) is 9.89. The van der Waals surface area contributed by atoms with Crippen LogP contribution in [0, 0.1) is 0 Å². The molecule has 0 radical (unpaired) electrons. The smallest absolute Gasteiger partial charge is 0.423 e. The molecule has 3 N–H and O–H groups in total. The van der Waals surface area contributed by atoms with Crippen molar-refractivity contribution in [2.45, 2.75) is 11.6 Å². The predicted molar refractivity (Wildman–Crippen MR) is 114 cm³/mol. The molecule has 32 heavy (non-hydrogen) atoms. The Balaban J connectivity index is 2.07. The number of aromatic hydroxyl groups is 3. The molecule has 1 aliphatic rings. The Morgan fingerprint density at radius 3 is 1.62 bits per heavy atom. The lowest BCUT2D eigenvalue weighted by Gasteiger charge is -2.34. The van der Waals surface area contributed by atoms with Crippen molar-refractivity contribution in [3.8, 4) is 28.4 Å². The van der Waals surface area contributed by atoms with E-state index in [0.717, 1.165) is 0 Å². The van der Waals surface area contributed by atoms with Crippen molar-refractivity contribution in [1.82, 2.24) is 0 Å². The van der Waals surface area contributed by atoms with Gasteiger partial charge in [-0.3, -0.25) is 0 Å². The monoisotopic (exact) mass is 434 g/mol. The molecule has 5 rings (SSSR count). The van der Waals surface area contributed by atoms with Gasteiger partial charge in [-0.05, 0) is 22.3 Å². The van der Waals surface area contributed by atoms with Gasteiger partial charge in [0.25, 0.3) is 0 Å². The van der Waals surface area contributed by atoms with Crippen LogP contribution < -0.4 is 0 Å². The van der Waals surface area contributed by atoms with Gasteiger partial charge in [0.1, 0.15) is 11.3 Å². The third kappa shape index (κ3) is 2.49. The molecule has 0 saturated heterocycles. The molecule has 0 aliphatic heterocycles. The molecule has 3 nitrogen and oxygen atoms in total. The minimum atomic E-state index is -5.09. The van der Waals surface area contributed by atoms with E-state index in [1.807, 2.05) is 0 Å². The number of phenolic OH excluding ortho intramolecular Hbond substituents is 3. The van der Waals surface area contributed by atoms with Crippen LogP contribution in [0.4, 0.5) is 13.2 Å². The van der Waals surface area contributed by atoms with E-state index in [9.17, 15) is 28.5 Å². The van der Waals surface area contributed by atoms with Gasteiger partial charge in [0.05, 0.1) is 5.41 Å². The van der Waals surface area contributed by atoms with Crippen LogP contribution in [0.2, 0.25) is 0 Å². The lowest BCUT2D eigenvalue weighted by molar-refractivity contribution is -0.140. The SMILES string of the molecule is Oc1c(O)c(C(F)(F)F)c(O)c2c1-c1ccccc1C2(c1ccccc1)c1ccccc1. The number of fused-ring (bicyclic) bond motifs is 3. The quantitative estimate of drug-likeness (QED) is 0.230. The van der Waals surface area contributed by atoms with E-state index in [1.165, 1.54) is 0 Å². The maximum atomic E-state index is 13.9. The Morgan fingerprint density at radius 2 is 1.09 bits per heavy atom. The van der Waals surface area contributed by atoms with E-state index in [1.54, 1.807) is 84.9 Å². The average molecular weight is 434 g/mol. The molecule has 0 atom stereocenters. The van der Waals surface area contributed by atoms with Gasteiger partial charge in [-0.1, -0.05) is 84.9 Å². The molecule has 0 heterocycles. The van der Waals surface area contributed by atoms with Gasteiger partial charge in [-0.2, -0.15) is 13.2 Å². The van der Waals surface area contributed by atoms with Crippen molar-refractivity contribution in [3.63, 3.8) is 0 Å². The van der Waals surface area contributed by atoms with Crippen LogP contribution in [-0.4, -0.2) is 15.3 Å². The molecule has 0 unspecified atom stereocenters. The van der Waals surface area contributed by atoms with Crippen molar-refractivity contribution < 1.29 is 28.5 Å². The average Bonchev–Trinajstić information content (AvgIpc) is 3.10. The van der Waals surface area contributed by atoms with Gasteiger partial charge < -0.3 is 15.3 Å². The molecule has 0 amide bonds. The summed E-state index contributed by atoms with van der Waals surface area (Å²) in [5.41, 5.74) is -0.864. The summed E-state index contributed by atoms with van der Waals surface area (Å²) in [6.07, 6.45) is -5.09. The van der Waals surface area contributed by atoms with E-state index >= 15 is 0 Å². The molecule has 4 aromatic carbocycles. The van der Waals surface area contributed by atoms with Gasteiger partial charge >= 0.3 is 6.18 Å². The fraction of sp³-hybridized carbons (Fsp3) is 0.0769. The summed E-state index contributed by atoms with van der Waals surface area (Å²) in [7, 11) is 0. The molecule has 1 aliphatic carbocycles. The molecular weight excluding hydrogens is 417 g/mol. The highest BCUT2D eigenvalue weighted by Crippen LogP contribution is 2.65. The van der Waals surface area contributed by atoms with Crippen LogP contribution in [0.5, 0.6) is 17.2 Å². The number of benzene rings is 4. The summed E-state index contributed by atoms with van der Waals surface area (Å²) in [6.45, 7) is 0. The van der Waals surface area contributed by atoms with Crippen LogP contribution in [0.15, 0.2) is 84.9 Å². The summed E-state index contributed by atoms with van der Waals surface area (Å²) in [5.74, 6) is -3.40. The molecule has 0 spiro atoms. The lowest BCUT2D eigenvalue weighted by Crippen LogP contribution is -2.29. The Morgan fingerprint density at radius 1 is 0.594 bits per heavy atom. The summed E-state index contributed by atoms with van der Waals surface area (Å²) in [4.78, 5) is 0. The topological polar surface area (TPSA) is 60.7 Å². The van der Waals surface area contributed by atoms with Gasteiger partial charge in [0.15, 0.2) is 11.5 Å². The summed E-state index contributed by atoms with van der Waals surface area (Å²) in [5, 5.41) is 32.2. The number of phenols is 3. The van der Waals surface area contributed by atoms with Crippen molar-refractivity contribution in [2.75, 3.05) is 0 Å². The summed E-state index contributed by atoms with van der Waals surface area (Å²) >= 11 is 0. The standard InChI is InChI=1S/C26H17F3O3/c27-26(28,29)21-23(31)20-19(22(30)24(21)32)17-13-7-8-14-18(17)25(20,15-9-3-1-4-10-15)16-11-5-2-6-12-16/h1-14,30-32H. The third-order valence-corrected chi connectivity index (χ3v) is 6.09. The second kappa shape index (κ2) is 6.79. The summed E-state index contributed by atoms with van der Waals surface area (Å²) < 4.78 is 41.7. The Kier molecular flexibility index (Phi) is 4.24. The van der Waals surface area contributed by atoms with Crippen LogP contribution in [0.1, 0.15) is 27.8 Å². The molecule has 0 aromatic heterocycles. The molecule has 0 saturated carbocycles. The van der Waals surface area contributed by atoms with Gasteiger partial charge in [-0.25, -0.2) is 0 Å². The highest BCUT2D eigenvalue weighted by molar-refractivity contribution is 5.94. The molecule has 4 aromatic rings. The first kappa shape index (κ1) is 20.0. The third-order valence-electron chi connectivity index (χ3n) is 6.09. The van der Waals surface area contributed by atoms with Crippen LogP contribution in [0.3, 0.4) is 0 Å². The normalized spacial score (nSPS) is 14.1. The Labute approximate surface area is 181 Å². The minimum absolute atomic E-state index is 0.0173. The van der Waals surface area contributed by atoms with Crippen LogP contribution in [-0.2, 0) is 11.6 Å². The Bertz CT molecular complexity index is 1290. The first-order valence-corrected chi connectivity index (χ1v) is 9.89. The predicted octanol–water partition coefficient (Wildman–Crippen LogP) is 6.19. The number of hydrogen-bond donors (Lipinski definition) is 3. The van der Waals surface area contributed by atoms with E-state index in [2.05, 4.69) is 0 Å². The Hall–Kier alpha value is -3.93. The molecule has 0 bridgehead atoms. The fourth-order valence-corrected chi connectivity index (χ4v) is 4.91. The van der Waals surface area contributed by atoms with Crippen LogP contribution in [0.25, 0.3) is 11.1 Å². The van der Waals surface area contributed by atoms with Gasteiger partial charge in [-0.15, -0.1) is 0 Å². The van der Waals surface area contributed by atoms with Crippen molar-refractivity contribution in [2.24, 2.45) is 0 Å². The number of hydrogen-bond acceptors (Lipinski definition) is 3. The molecular formula is C26H17F3O3. The number of rotatable bonds is 2. The van der Waals surface area contributed by atoms with E-state index in [4.69, 9.17) is 0 Å². The van der Waals surface area contributed by atoms with Gasteiger partial charge in [0, 0.05) is 11.1 Å². The molecule has 160 valence electrons. The van der Waals surface area contributed by atoms with E-state index < -0.39 is 34.4 Å². The zero-order valence-electron chi connectivity index (χ0n) is 16.6. The van der Waals surface area contributed by atoms with Crippen molar-refractivity contribution >= 4 is 0 Å². The largest absolute Gasteiger partial charge is 0.507 e.